The second-order valence-electron chi connectivity index (χ2n) is 3.58. The molecule has 0 spiro atoms. The number of hydrogen-bond acceptors (Lipinski definition) is 1. The molecular formula is C14H9FO2. The first-order valence-corrected chi connectivity index (χ1v) is 5.06. The fourth-order valence-corrected chi connectivity index (χ4v) is 1.54. The Bertz CT molecular complexity index is 535. The van der Waals surface area contributed by atoms with Gasteiger partial charge in [0.15, 0.2) is 0 Å². The molecule has 0 aliphatic heterocycles. The number of benzene rings is 1. The van der Waals surface area contributed by atoms with E-state index in [2.05, 4.69) is 12.1 Å². The molecule has 0 amide bonds. The molecule has 0 saturated heterocycles. The Morgan fingerprint density at radius 2 is 1.94 bits per heavy atom. The summed E-state index contributed by atoms with van der Waals surface area (Å²) in [5.74, 6) is -1.49. The number of carbonyl (C=O) groups is 1. The van der Waals surface area contributed by atoms with Crippen LogP contribution < -0.4 is 0 Å². The van der Waals surface area contributed by atoms with Crippen molar-refractivity contribution in [3.05, 3.63) is 59.9 Å². The summed E-state index contributed by atoms with van der Waals surface area (Å²) < 4.78 is 13.7. The summed E-state index contributed by atoms with van der Waals surface area (Å²) in [6.07, 6.45) is -0.248. The Morgan fingerprint density at radius 3 is 2.53 bits per heavy atom. The highest BCUT2D eigenvalue weighted by atomic mass is 19.1. The van der Waals surface area contributed by atoms with E-state index >= 15 is 0 Å². The molecule has 0 aliphatic rings. The van der Waals surface area contributed by atoms with E-state index in [9.17, 15) is 9.18 Å². The maximum Gasteiger partial charge on any atom is 0.308 e. The number of hydrogen-bond donors (Lipinski definition) is 1. The normalized spacial score (nSPS) is 9.71. The van der Waals surface area contributed by atoms with E-state index in [4.69, 9.17) is 5.11 Å². The number of aliphatic carboxylic acids is 1. The van der Waals surface area contributed by atoms with Crippen molar-refractivity contribution < 1.29 is 14.3 Å². The molecule has 1 N–H and O–H groups in total. The first kappa shape index (κ1) is 11.2. The molecule has 84 valence electrons. The zero-order valence-electron chi connectivity index (χ0n) is 8.90. The van der Waals surface area contributed by atoms with Gasteiger partial charge in [-0.3, -0.25) is 4.79 Å². The molecule has 2 rings (SSSR count). The van der Waals surface area contributed by atoms with Gasteiger partial charge < -0.3 is 5.11 Å². The molecule has 0 aliphatic carbocycles. The summed E-state index contributed by atoms with van der Waals surface area (Å²) in [6, 6.07) is 15.5. The first-order chi connectivity index (χ1) is 8.16. The van der Waals surface area contributed by atoms with Crippen molar-refractivity contribution in [2.24, 2.45) is 0 Å². The molecule has 0 aromatic heterocycles. The summed E-state index contributed by atoms with van der Waals surface area (Å²) in [5.41, 5.74) is 1.29. The van der Waals surface area contributed by atoms with Crippen molar-refractivity contribution in [3.63, 3.8) is 0 Å². The van der Waals surface area contributed by atoms with Gasteiger partial charge in [-0.05, 0) is 11.6 Å². The van der Waals surface area contributed by atoms with Gasteiger partial charge in [0.2, 0.25) is 0 Å². The van der Waals surface area contributed by atoms with Crippen LogP contribution in [-0.2, 0) is 11.2 Å². The van der Waals surface area contributed by atoms with Gasteiger partial charge in [-0.25, -0.2) is 4.39 Å². The van der Waals surface area contributed by atoms with Crippen molar-refractivity contribution in [2.75, 3.05) is 0 Å². The summed E-state index contributed by atoms with van der Waals surface area (Å²) in [7, 11) is 0. The predicted molar refractivity (Wildman–Crippen MR) is 60.8 cm³/mol. The molecule has 2 aromatic carbocycles. The van der Waals surface area contributed by atoms with Crippen LogP contribution in [0.25, 0.3) is 11.1 Å². The van der Waals surface area contributed by atoms with Crippen LogP contribution in [0.2, 0.25) is 0 Å². The minimum absolute atomic E-state index is 0.248. The lowest BCUT2D eigenvalue weighted by molar-refractivity contribution is -0.136. The molecule has 0 atom stereocenters. The largest absolute Gasteiger partial charge is 0.481 e. The van der Waals surface area contributed by atoms with Gasteiger partial charge in [0, 0.05) is 5.56 Å². The maximum atomic E-state index is 13.7. The highest BCUT2D eigenvalue weighted by molar-refractivity contribution is 5.70. The van der Waals surface area contributed by atoms with Crippen LogP contribution in [0, 0.1) is 17.9 Å². The first-order valence-electron chi connectivity index (χ1n) is 5.06. The molecule has 2 nitrogen and oxygen atoms in total. The van der Waals surface area contributed by atoms with Crippen LogP contribution in [0.15, 0.2) is 36.4 Å². The van der Waals surface area contributed by atoms with Crippen molar-refractivity contribution in [2.45, 2.75) is 6.42 Å². The number of halogens is 1. The van der Waals surface area contributed by atoms with Gasteiger partial charge in [-0.15, -0.1) is 0 Å². The van der Waals surface area contributed by atoms with E-state index in [0.717, 1.165) is 0 Å². The van der Waals surface area contributed by atoms with E-state index < -0.39 is 11.8 Å². The third-order valence-electron chi connectivity index (χ3n) is 2.29. The van der Waals surface area contributed by atoms with Gasteiger partial charge in [0.25, 0.3) is 0 Å². The number of carboxylic acids is 1. The van der Waals surface area contributed by atoms with Gasteiger partial charge in [0.1, 0.15) is 5.82 Å². The summed E-state index contributed by atoms with van der Waals surface area (Å²) >= 11 is 0. The Labute approximate surface area is 98.3 Å². The highest BCUT2D eigenvalue weighted by Gasteiger charge is 2.07. The van der Waals surface area contributed by atoms with Crippen molar-refractivity contribution in [3.8, 4) is 11.1 Å². The second-order valence-corrected chi connectivity index (χ2v) is 3.58. The van der Waals surface area contributed by atoms with Crippen molar-refractivity contribution >= 4 is 5.97 Å². The molecule has 0 radical (unpaired) electrons. The average molecular weight is 228 g/mol. The van der Waals surface area contributed by atoms with E-state index in [-0.39, 0.29) is 12.0 Å². The Kier molecular flexibility index (Phi) is 3.06. The molecule has 3 heteroatoms. The van der Waals surface area contributed by atoms with Crippen LogP contribution >= 0.6 is 0 Å². The van der Waals surface area contributed by atoms with Gasteiger partial charge >= 0.3 is 5.97 Å². The molecule has 0 heterocycles. The van der Waals surface area contributed by atoms with E-state index in [1.54, 1.807) is 24.3 Å². The molecular weight excluding hydrogens is 219 g/mol. The SMILES string of the molecule is O=C(O)Cc1c#cc(-c2ccccc2)c(F)c1. The van der Waals surface area contributed by atoms with Gasteiger partial charge in [0.05, 0.1) is 12.0 Å². The second kappa shape index (κ2) is 4.67. The minimum atomic E-state index is -1.01. The summed E-state index contributed by atoms with van der Waals surface area (Å²) in [4.78, 5) is 10.5. The molecule has 0 fully saturated rings. The lowest BCUT2D eigenvalue weighted by atomic mass is 10.0. The van der Waals surface area contributed by atoms with Crippen LogP contribution in [0.3, 0.4) is 0 Å². The van der Waals surface area contributed by atoms with E-state index in [1.165, 1.54) is 6.07 Å². The van der Waals surface area contributed by atoms with Crippen LogP contribution in [0.4, 0.5) is 4.39 Å². The average Bonchev–Trinajstić information content (AvgIpc) is 2.29. The van der Waals surface area contributed by atoms with E-state index in [1.807, 2.05) is 6.07 Å². The smallest absolute Gasteiger partial charge is 0.308 e. The lowest BCUT2D eigenvalue weighted by Gasteiger charge is -2.00. The lowest BCUT2D eigenvalue weighted by Crippen LogP contribution is -1.99. The minimum Gasteiger partial charge on any atom is -0.481 e. The quantitative estimate of drug-likeness (QED) is 0.877. The van der Waals surface area contributed by atoms with Crippen LogP contribution in [0.5, 0.6) is 0 Å². The predicted octanol–water partition coefficient (Wildman–Crippen LogP) is 2.72. The Balaban J connectivity index is 2.35. The van der Waals surface area contributed by atoms with Gasteiger partial charge in [-0.1, -0.05) is 42.5 Å². The third kappa shape index (κ3) is 2.61. The molecule has 0 bridgehead atoms. The highest BCUT2D eigenvalue weighted by Crippen LogP contribution is 2.20. The Morgan fingerprint density at radius 1 is 1.24 bits per heavy atom. The summed E-state index contributed by atoms with van der Waals surface area (Å²) in [5, 5.41) is 8.59. The zero-order chi connectivity index (χ0) is 12.3. The third-order valence-corrected chi connectivity index (χ3v) is 2.29. The number of rotatable bonds is 3. The standard InChI is InChI=1S/C14H9FO2/c15-13-8-10(9-14(16)17)6-7-12(13)11-4-2-1-3-5-11/h1-5,8H,9H2,(H,16,17). The number of carboxylic acid groups (broad SMARTS) is 1. The monoisotopic (exact) mass is 228 g/mol. The molecule has 0 saturated carbocycles. The molecule has 0 unspecified atom stereocenters. The molecule has 2 aromatic rings. The van der Waals surface area contributed by atoms with Crippen molar-refractivity contribution in [1.29, 1.82) is 0 Å². The zero-order valence-corrected chi connectivity index (χ0v) is 8.90. The van der Waals surface area contributed by atoms with Gasteiger partial charge in [-0.2, -0.15) is 0 Å². The van der Waals surface area contributed by atoms with Crippen LogP contribution in [-0.4, -0.2) is 11.1 Å². The maximum absolute atomic E-state index is 13.7. The molecule has 17 heavy (non-hydrogen) atoms. The van der Waals surface area contributed by atoms with Crippen molar-refractivity contribution in [1.82, 2.24) is 0 Å². The van der Waals surface area contributed by atoms with E-state index in [0.29, 0.717) is 11.1 Å². The Hall–Kier alpha value is -2.34. The fraction of sp³-hybridized carbons (Fsp3) is 0.0714. The van der Waals surface area contributed by atoms with Crippen LogP contribution in [0.1, 0.15) is 5.56 Å². The topological polar surface area (TPSA) is 37.3 Å². The fourth-order valence-electron chi connectivity index (χ4n) is 1.54. The summed E-state index contributed by atoms with van der Waals surface area (Å²) in [6.45, 7) is 0.